The Balaban J connectivity index is 1.56. The number of hydrogen-bond donors (Lipinski definition) is 2. The van der Waals surface area contributed by atoms with Crippen LogP contribution in [0.25, 0.3) is 0 Å². The number of aromatic hydroxyl groups is 2. The lowest BCUT2D eigenvalue weighted by molar-refractivity contribution is 0.0893. The lowest BCUT2D eigenvalue weighted by atomic mass is 9.78. The second-order valence-electron chi connectivity index (χ2n) is 18.4. The SMILES string of the molecule is CC(C)(C)c1cc(CCc2ccccc2C(=O)CC(=O)c2ccccc2CCc2cc(C(C)(C)C)cc(C(C)(C)C)c2O)c(O)c(C(C)(C)C)c1. The van der Waals surface area contributed by atoms with E-state index in [0.29, 0.717) is 48.3 Å². The normalized spacial score (nSPS) is 12.6. The first-order valence-electron chi connectivity index (χ1n) is 18.4. The number of carbonyl (C=O) groups excluding carboxylic acids is 2. The molecule has 4 heteroatoms. The average molecular weight is 689 g/mol. The van der Waals surface area contributed by atoms with Gasteiger partial charge in [0, 0.05) is 11.1 Å². The topological polar surface area (TPSA) is 74.6 Å². The van der Waals surface area contributed by atoms with Gasteiger partial charge in [0.25, 0.3) is 0 Å². The van der Waals surface area contributed by atoms with Crippen LogP contribution in [-0.4, -0.2) is 21.8 Å². The summed E-state index contributed by atoms with van der Waals surface area (Å²) in [5.74, 6) is 0.218. The van der Waals surface area contributed by atoms with Crippen LogP contribution in [-0.2, 0) is 47.3 Å². The van der Waals surface area contributed by atoms with Gasteiger partial charge in [-0.3, -0.25) is 9.59 Å². The summed E-state index contributed by atoms with van der Waals surface area (Å²) >= 11 is 0. The molecule has 0 saturated heterocycles. The number of phenolic OH excluding ortho intramolecular Hbond substituents is 2. The minimum absolute atomic E-state index is 0.0841. The average Bonchev–Trinajstić information content (AvgIpc) is 3.01. The van der Waals surface area contributed by atoms with Crippen molar-refractivity contribution >= 4 is 11.6 Å². The van der Waals surface area contributed by atoms with Gasteiger partial charge < -0.3 is 10.2 Å². The van der Waals surface area contributed by atoms with Crippen molar-refractivity contribution in [1.82, 2.24) is 0 Å². The molecule has 272 valence electrons. The van der Waals surface area contributed by atoms with E-state index in [1.165, 1.54) is 11.1 Å². The van der Waals surface area contributed by atoms with E-state index < -0.39 is 0 Å². The molecule has 0 aliphatic rings. The predicted octanol–water partition coefficient (Wildman–Crippen LogP) is 11.3. The van der Waals surface area contributed by atoms with Gasteiger partial charge in [-0.2, -0.15) is 0 Å². The van der Waals surface area contributed by atoms with Crippen molar-refractivity contribution in [2.75, 3.05) is 0 Å². The molecule has 0 heterocycles. The number of phenols is 2. The molecule has 0 aromatic heterocycles. The Morgan fingerprint density at radius 2 is 0.765 bits per heavy atom. The van der Waals surface area contributed by atoms with Crippen LogP contribution in [0.1, 0.15) is 155 Å². The van der Waals surface area contributed by atoms with Crippen molar-refractivity contribution in [1.29, 1.82) is 0 Å². The minimum atomic E-state index is -0.230. The molecule has 4 rings (SSSR count). The van der Waals surface area contributed by atoms with E-state index in [-0.39, 0.29) is 39.6 Å². The van der Waals surface area contributed by atoms with Gasteiger partial charge in [-0.05, 0) is 91.9 Å². The van der Waals surface area contributed by atoms with Crippen molar-refractivity contribution in [3.8, 4) is 11.5 Å². The summed E-state index contributed by atoms with van der Waals surface area (Å²) in [7, 11) is 0. The van der Waals surface area contributed by atoms with Crippen LogP contribution in [0.3, 0.4) is 0 Å². The Morgan fingerprint density at radius 3 is 1.08 bits per heavy atom. The maximum atomic E-state index is 13.8. The molecule has 0 aliphatic carbocycles. The molecule has 0 aliphatic heterocycles. The largest absolute Gasteiger partial charge is 0.507 e. The molecule has 4 aromatic carbocycles. The summed E-state index contributed by atoms with van der Waals surface area (Å²) in [6.07, 6.45) is 2.03. The van der Waals surface area contributed by atoms with Crippen LogP contribution in [0.4, 0.5) is 0 Å². The molecule has 51 heavy (non-hydrogen) atoms. The van der Waals surface area contributed by atoms with E-state index in [9.17, 15) is 19.8 Å². The zero-order valence-corrected chi connectivity index (χ0v) is 33.2. The van der Waals surface area contributed by atoms with Crippen LogP contribution in [0, 0.1) is 0 Å². The van der Waals surface area contributed by atoms with Crippen molar-refractivity contribution in [2.24, 2.45) is 0 Å². The molecule has 0 amide bonds. The van der Waals surface area contributed by atoms with E-state index in [0.717, 1.165) is 33.4 Å². The first kappa shape index (κ1) is 39.6. The highest BCUT2D eigenvalue weighted by molar-refractivity contribution is 6.14. The zero-order valence-electron chi connectivity index (χ0n) is 33.2. The third-order valence-electron chi connectivity index (χ3n) is 10.0. The number of carbonyl (C=O) groups is 2. The highest BCUT2D eigenvalue weighted by Crippen LogP contribution is 2.40. The molecule has 0 bridgehead atoms. The van der Waals surface area contributed by atoms with Gasteiger partial charge in [0.05, 0.1) is 6.42 Å². The van der Waals surface area contributed by atoms with Crippen molar-refractivity contribution in [2.45, 2.75) is 137 Å². The molecular formula is C47H60O4. The van der Waals surface area contributed by atoms with E-state index in [2.05, 4.69) is 107 Å². The summed E-state index contributed by atoms with van der Waals surface area (Å²) in [5.41, 5.74) is 8.12. The summed E-state index contributed by atoms with van der Waals surface area (Å²) in [6, 6.07) is 23.5. The predicted molar refractivity (Wildman–Crippen MR) is 212 cm³/mol. The lowest BCUT2D eigenvalue weighted by Crippen LogP contribution is -2.18. The summed E-state index contributed by atoms with van der Waals surface area (Å²) < 4.78 is 0. The van der Waals surface area contributed by atoms with E-state index in [1.807, 2.05) is 36.4 Å². The van der Waals surface area contributed by atoms with Crippen LogP contribution in [0.5, 0.6) is 11.5 Å². The van der Waals surface area contributed by atoms with Gasteiger partial charge in [-0.25, -0.2) is 0 Å². The molecule has 4 aromatic rings. The standard InChI is InChI=1S/C47H60O4/c1-44(2,3)34-25-32(42(50)38(27-34)46(7,8)9)23-21-30-17-13-15-19-36(30)40(48)29-41(49)37-20-16-14-18-31(37)22-24-33-26-35(45(4,5)6)28-39(43(33)51)47(10,11)12/h13-20,25-28,50-51H,21-24,29H2,1-12H3. The molecule has 0 atom stereocenters. The zero-order chi connectivity index (χ0) is 38.1. The second-order valence-corrected chi connectivity index (χ2v) is 18.4. The third kappa shape index (κ3) is 9.58. The molecule has 0 radical (unpaired) electrons. The highest BCUT2D eigenvalue weighted by Gasteiger charge is 2.27. The second kappa shape index (κ2) is 14.8. The van der Waals surface area contributed by atoms with Crippen LogP contribution in [0.2, 0.25) is 0 Å². The smallest absolute Gasteiger partial charge is 0.170 e. The Kier molecular flexibility index (Phi) is 11.5. The van der Waals surface area contributed by atoms with Gasteiger partial charge in [-0.1, -0.05) is 156 Å². The number of hydrogen-bond acceptors (Lipinski definition) is 4. The Hall–Kier alpha value is -4.18. The monoisotopic (exact) mass is 688 g/mol. The molecule has 0 unspecified atom stereocenters. The lowest BCUT2D eigenvalue weighted by Gasteiger charge is -2.27. The first-order chi connectivity index (χ1) is 23.5. The maximum absolute atomic E-state index is 13.8. The van der Waals surface area contributed by atoms with Crippen molar-refractivity contribution < 1.29 is 19.8 Å². The maximum Gasteiger partial charge on any atom is 0.170 e. The van der Waals surface area contributed by atoms with E-state index in [4.69, 9.17) is 0 Å². The number of rotatable bonds is 10. The summed E-state index contributed by atoms with van der Waals surface area (Å²) in [5, 5.41) is 22.7. The Labute approximate surface area is 307 Å². The summed E-state index contributed by atoms with van der Waals surface area (Å²) in [4.78, 5) is 27.6. The molecular weight excluding hydrogens is 629 g/mol. The van der Waals surface area contributed by atoms with Crippen LogP contribution >= 0.6 is 0 Å². The Morgan fingerprint density at radius 1 is 0.451 bits per heavy atom. The molecule has 0 spiro atoms. The van der Waals surface area contributed by atoms with Gasteiger partial charge in [0.1, 0.15) is 11.5 Å². The number of benzene rings is 4. The van der Waals surface area contributed by atoms with Gasteiger partial charge in [0.2, 0.25) is 0 Å². The first-order valence-corrected chi connectivity index (χ1v) is 18.4. The number of Topliss-reactive ketones (excluding diaryl/α,β-unsaturated/α-hetero) is 2. The fraction of sp³-hybridized carbons (Fsp3) is 0.447. The molecule has 0 saturated carbocycles. The minimum Gasteiger partial charge on any atom is -0.507 e. The van der Waals surface area contributed by atoms with Crippen molar-refractivity contribution in [3.63, 3.8) is 0 Å². The fourth-order valence-electron chi connectivity index (χ4n) is 6.68. The third-order valence-corrected chi connectivity index (χ3v) is 10.0. The highest BCUT2D eigenvalue weighted by atomic mass is 16.3. The van der Waals surface area contributed by atoms with Gasteiger partial charge in [-0.15, -0.1) is 0 Å². The Bertz CT molecular complexity index is 1760. The number of ketones is 2. The van der Waals surface area contributed by atoms with Crippen LogP contribution in [0.15, 0.2) is 72.8 Å². The number of aryl methyl sites for hydroxylation is 4. The van der Waals surface area contributed by atoms with E-state index in [1.54, 1.807) is 12.1 Å². The van der Waals surface area contributed by atoms with Crippen LogP contribution < -0.4 is 0 Å². The summed E-state index contributed by atoms with van der Waals surface area (Å²) in [6.45, 7) is 25.7. The molecule has 4 nitrogen and oxygen atoms in total. The molecule has 2 N–H and O–H groups in total. The fourth-order valence-corrected chi connectivity index (χ4v) is 6.68. The quantitative estimate of drug-likeness (QED) is 0.128. The van der Waals surface area contributed by atoms with Gasteiger partial charge in [0.15, 0.2) is 11.6 Å². The van der Waals surface area contributed by atoms with Crippen molar-refractivity contribution in [3.05, 3.63) is 128 Å². The molecule has 0 fully saturated rings. The van der Waals surface area contributed by atoms with Gasteiger partial charge >= 0.3 is 0 Å². The van der Waals surface area contributed by atoms with E-state index >= 15 is 0 Å².